The van der Waals surface area contributed by atoms with Crippen molar-refractivity contribution in [1.29, 1.82) is 0 Å². The average Bonchev–Trinajstić information content (AvgIpc) is 2.39. The monoisotopic (exact) mass is 261 g/mol. The quantitative estimate of drug-likeness (QED) is 0.775. The molecule has 1 aliphatic rings. The van der Waals surface area contributed by atoms with Gasteiger partial charge in [-0.3, -0.25) is 4.79 Å². The molecule has 3 unspecified atom stereocenters. The van der Waals surface area contributed by atoms with Gasteiger partial charge in [-0.1, -0.05) is 27.2 Å². The minimum atomic E-state index is 0.178. The third-order valence-corrected chi connectivity index (χ3v) is 4.15. The molecule has 19 heavy (non-hydrogen) atoms. The molecule has 1 saturated carbocycles. The summed E-state index contributed by atoms with van der Waals surface area (Å²) >= 11 is 0. The number of hydrogen-bond acceptors (Lipinski definition) is 3. The van der Waals surface area contributed by atoms with Gasteiger partial charge < -0.3 is 4.74 Å². The number of aromatic nitrogens is 1. The number of carbonyl (C=O) groups excluding carboxylic acids is 1. The lowest BCUT2D eigenvalue weighted by Gasteiger charge is -2.37. The van der Waals surface area contributed by atoms with Crippen molar-refractivity contribution >= 4 is 6.29 Å². The van der Waals surface area contributed by atoms with Crippen LogP contribution in [0, 0.1) is 17.8 Å². The summed E-state index contributed by atoms with van der Waals surface area (Å²) in [4.78, 5) is 15.2. The fraction of sp³-hybridized carbons (Fsp3) is 0.625. The van der Waals surface area contributed by atoms with E-state index in [0.717, 1.165) is 12.7 Å². The maximum absolute atomic E-state index is 11.0. The van der Waals surface area contributed by atoms with Crippen LogP contribution in [0.4, 0.5) is 0 Å². The molecule has 0 radical (unpaired) electrons. The predicted octanol–water partition coefficient (Wildman–Crippen LogP) is 3.73. The van der Waals surface area contributed by atoms with E-state index in [4.69, 9.17) is 4.74 Å². The van der Waals surface area contributed by atoms with Gasteiger partial charge in [0.1, 0.15) is 6.10 Å². The minimum Gasteiger partial charge on any atom is -0.474 e. The molecule has 1 fully saturated rings. The molecule has 3 nitrogen and oxygen atoms in total. The number of nitrogens with zero attached hydrogens (tertiary/aromatic N) is 1. The molecule has 0 aromatic carbocycles. The number of hydrogen-bond donors (Lipinski definition) is 0. The second kappa shape index (κ2) is 6.18. The van der Waals surface area contributed by atoms with Crippen LogP contribution in [0.15, 0.2) is 18.3 Å². The molecule has 0 amide bonds. The first-order valence-electron chi connectivity index (χ1n) is 7.18. The smallest absolute Gasteiger partial charge is 0.224 e. The summed E-state index contributed by atoms with van der Waals surface area (Å²) in [5.41, 5.74) is 0.545. The summed E-state index contributed by atoms with van der Waals surface area (Å²) in [5, 5.41) is 0. The lowest BCUT2D eigenvalue weighted by molar-refractivity contribution is 0.0420. The summed E-state index contributed by atoms with van der Waals surface area (Å²) in [6, 6.07) is 3.52. The van der Waals surface area contributed by atoms with Gasteiger partial charge in [-0.2, -0.15) is 0 Å². The molecule has 1 aromatic heterocycles. The van der Waals surface area contributed by atoms with Gasteiger partial charge in [0.05, 0.1) is 5.56 Å². The van der Waals surface area contributed by atoms with Gasteiger partial charge in [-0.25, -0.2) is 4.98 Å². The van der Waals surface area contributed by atoms with Crippen LogP contribution in [0.3, 0.4) is 0 Å². The van der Waals surface area contributed by atoms with Gasteiger partial charge >= 0.3 is 0 Å². The van der Waals surface area contributed by atoms with Crippen LogP contribution in [0.25, 0.3) is 0 Å². The van der Waals surface area contributed by atoms with E-state index in [1.54, 1.807) is 18.3 Å². The molecule has 1 aromatic rings. The molecule has 0 bridgehead atoms. The van der Waals surface area contributed by atoms with E-state index >= 15 is 0 Å². The molecule has 0 N–H and O–H groups in total. The van der Waals surface area contributed by atoms with Crippen LogP contribution in [0.2, 0.25) is 0 Å². The van der Waals surface area contributed by atoms with Crippen molar-refractivity contribution in [2.45, 2.75) is 46.1 Å². The standard InChI is InChI=1S/C16H23NO2/c1-11(2)14-7-6-12(3)9-15(14)19-16-13(10-18)5-4-8-17-16/h4-5,8,10-12,14-15H,6-7,9H2,1-3H3. The highest BCUT2D eigenvalue weighted by Crippen LogP contribution is 2.35. The van der Waals surface area contributed by atoms with Crippen molar-refractivity contribution < 1.29 is 9.53 Å². The summed E-state index contributed by atoms with van der Waals surface area (Å²) < 4.78 is 6.08. The van der Waals surface area contributed by atoms with Crippen molar-refractivity contribution in [2.75, 3.05) is 0 Å². The highest BCUT2D eigenvalue weighted by molar-refractivity contribution is 5.77. The molecule has 104 valence electrons. The zero-order valence-corrected chi connectivity index (χ0v) is 12.0. The Hall–Kier alpha value is -1.38. The molecule has 3 heteroatoms. The van der Waals surface area contributed by atoms with Gasteiger partial charge in [0, 0.05) is 6.20 Å². The highest BCUT2D eigenvalue weighted by Gasteiger charge is 2.32. The SMILES string of the molecule is CC1CCC(C(C)C)C(Oc2ncccc2C=O)C1. The summed E-state index contributed by atoms with van der Waals surface area (Å²) in [6.45, 7) is 6.76. The number of ether oxygens (including phenoxy) is 1. The van der Waals surface area contributed by atoms with Crippen molar-refractivity contribution in [3.05, 3.63) is 23.9 Å². The largest absolute Gasteiger partial charge is 0.474 e. The van der Waals surface area contributed by atoms with Gasteiger partial charge in [0.2, 0.25) is 5.88 Å². The summed E-state index contributed by atoms with van der Waals surface area (Å²) in [7, 11) is 0. The molecule has 0 spiro atoms. The molecule has 0 aliphatic heterocycles. The molecule has 1 aliphatic carbocycles. The van der Waals surface area contributed by atoms with Crippen LogP contribution in [0.5, 0.6) is 5.88 Å². The van der Waals surface area contributed by atoms with E-state index in [1.165, 1.54) is 12.8 Å². The van der Waals surface area contributed by atoms with Crippen molar-refractivity contribution in [3.63, 3.8) is 0 Å². The third kappa shape index (κ3) is 3.34. The number of pyridine rings is 1. The Balaban J connectivity index is 2.16. The molecule has 0 saturated heterocycles. The second-order valence-corrected chi connectivity index (χ2v) is 6.00. The first kappa shape index (κ1) is 14.0. The van der Waals surface area contributed by atoms with Crippen LogP contribution in [-0.2, 0) is 0 Å². The van der Waals surface area contributed by atoms with Gasteiger partial charge in [0.15, 0.2) is 6.29 Å². The van der Waals surface area contributed by atoms with E-state index in [-0.39, 0.29) is 6.10 Å². The summed E-state index contributed by atoms with van der Waals surface area (Å²) in [5.74, 6) is 2.32. The molecule has 1 heterocycles. The number of carbonyl (C=O) groups is 1. The minimum absolute atomic E-state index is 0.178. The molecular weight excluding hydrogens is 238 g/mol. The second-order valence-electron chi connectivity index (χ2n) is 6.00. The summed E-state index contributed by atoms with van der Waals surface area (Å²) in [6.07, 6.45) is 6.20. The van der Waals surface area contributed by atoms with Crippen LogP contribution in [-0.4, -0.2) is 17.4 Å². The van der Waals surface area contributed by atoms with E-state index in [1.807, 2.05) is 0 Å². The third-order valence-electron chi connectivity index (χ3n) is 4.15. The van der Waals surface area contributed by atoms with Crippen LogP contribution in [0.1, 0.15) is 50.4 Å². The zero-order chi connectivity index (χ0) is 13.8. The fourth-order valence-corrected chi connectivity index (χ4v) is 2.99. The Morgan fingerprint density at radius 2 is 2.21 bits per heavy atom. The number of rotatable bonds is 4. The van der Waals surface area contributed by atoms with Crippen molar-refractivity contribution in [1.82, 2.24) is 4.98 Å². The van der Waals surface area contributed by atoms with Crippen molar-refractivity contribution in [3.8, 4) is 5.88 Å². The lowest BCUT2D eigenvalue weighted by atomic mass is 9.75. The Kier molecular flexibility index (Phi) is 4.56. The number of aldehydes is 1. The molecular formula is C16H23NO2. The van der Waals surface area contributed by atoms with E-state index < -0.39 is 0 Å². The van der Waals surface area contributed by atoms with Crippen LogP contribution >= 0.6 is 0 Å². The average molecular weight is 261 g/mol. The first-order valence-corrected chi connectivity index (χ1v) is 7.18. The lowest BCUT2D eigenvalue weighted by Crippen LogP contribution is -2.36. The maximum Gasteiger partial charge on any atom is 0.224 e. The Morgan fingerprint density at radius 1 is 1.42 bits per heavy atom. The Morgan fingerprint density at radius 3 is 2.89 bits per heavy atom. The van der Waals surface area contributed by atoms with E-state index in [0.29, 0.717) is 29.2 Å². The first-order chi connectivity index (χ1) is 9.11. The van der Waals surface area contributed by atoms with Crippen molar-refractivity contribution in [2.24, 2.45) is 17.8 Å². The van der Waals surface area contributed by atoms with Gasteiger partial charge in [-0.05, 0) is 42.7 Å². The topological polar surface area (TPSA) is 39.2 Å². The van der Waals surface area contributed by atoms with Crippen LogP contribution < -0.4 is 4.74 Å². The Bertz CT molecular complexity index is 431. The molecule has 2 rings (SSSR count). The Labute approximate surface area is 115 Å². The predicted molar refractivity (Wildman–Crippen MR) is 75.4 cm³/mol. The fourth-order valence-electron chi connectivity index (χ4n) is 2.99. The normalized spacial score (nSPS) is 27.3. The highest BCUT2D eigenvalue weighted by atomic mass is 16.5. The van der Waals surface area contributed by atoms with E-state index in [2.05, 4.69) is 25.8 Å². The molecule has 3 atom stereocenters. The van der Waals surface area contributed by atoms with Gasteiger partial charge in [0.25, 0.3) is 0 Å². The van der Waals surface area contributed by atoms with E-state index in [9.17, 15) is 4.79 Å². The zero-order valence-electron chi connectivity index (χ0n) is 12.0. The van der Waals surface area contributed by atoms with Gasteiger partial charge in [-0.15, -0.1) is 0 Å². The maximum atomic E-state index is 11.0.